The zero-order valence-corrected chi connectivity index (χ0v) is 31.9. The Bertz CT molecular complexity index is 1190. The fourth-order valence-corrected chi connectivity index (χ4v) is 5.59. The first kappa shape index (κ1) is 45.7. The van der Waals surface area contributed by atoms with Crippen LogP contribution in [0, 0.1) is 13.8 Å². The van der Waals surface area contributed by atoms with E-state index in [4.69, 9.17) is 26.6 Å². The van der Waals surface area contributed by atoms with Crippen LogP contribution in [0.15, 0.2) is 46.4 Å². The molecule has 0 saturated heterocycles. The quantitative estimate of drug-likeness (QED) is 0.165. The summed E-state index contributed by atoms with van der Waals surface area (Å²) >= 11 is 6.59. The SMILES string of the molecule is CCCCc1cc(C)cc(CCCC)c1N=Cc1cc(Cl)cc(C=Nc2c(CCCC)cc(C)cc2CCCC)n1.[Cl-].[Cl-].[Cl-].[Fe+3]. The fraction of sp³-hybridized carbons (Fsp3) is 0.486. The van der Waals surface area contributed by atoms with Crippen molar-refractivity contribution in [3.63, 3.8) is 0 Å². The van der Waals surface area contributed by atoms with Gasteiger partial charge in [-0.25, -0.2) is 4.98 Å². The standard InChI is InChI=1S/C37H50ClN3.3ClH.Fe/c1-7-11-15-29-19-27(5)20-30(16-12-8-2)36(29)39-25-34-23-33(38)24-35(41-34)26-40-37-31(17-13-9-3)21-28(6)22-32(37)18-14-10-4;;;;/h19-26H,7-18H2,1-6H3;3*1H;/q;;;;+3/p-3. The number of halogens is 4. The van der Waals surface area contributed by atoms with Crippen molar-refractivity contribution < 1.29 is 54.3 Å². The first-order chi connectivity index (χ1) is 19.9. The summed E-state index contributed by atoms with van der Waals surface area (Å²) in [4.78, 5) is 15.0. The van der Waals surface area contributed by atoms with Gasteiger partial charge in [0.1, 0.15) is 0 Å². The van der Waals surface area contributed by atoms with E-state index in [-0.39, 0.29) is 54.3 Å². The number of aromatic nitrogens is 1. The third-order valence-electron chi connectivity index (χ3n) is 7.50. The minimum Gasteiger partial charge on any atom is -1.00 e. The van der Waals surface area contributed by atoms with E-state index in [9.17, 15) is 0 Å². The van der Waals surface area contributed by atoms with Crippen molar-refractivity contribution in [3.05, 3.63) is 86.2 Å². The molecule has 1 aromatic heterocycles. The molecule has 45 heavy (non-hydrogen) atoms. The molecule has 1 radical (unpaired) electrons. The maximum atomic E-state index is 6.59. The number of hydrogen-bond donors (Lipinski definition) is 0. The van der Waals surface area contributed by atoms with Gasteiger partial charge >= 0.3 is 17.1 Å². The molecule has 0 spiro atoms. The van der Waals surface area contributed by atoms with Crippen LogP contribution >= 0.6 is 11.6 Å². The van der Waals surface area contributed by atoms with Gasteiger partial charge in [0.15, 0.2) is 0 Å². The van der Waals surface area contributed by atoms with E-state index >= 15 is 0 Å². The molecule has 3 rings (SSSR count). The van der Waals surface area contributed by atoms with E-state index in [0.717, 1.165) is 74.1 Å². The molecule has 3 aromatic rings. The molecule has 1 heterocycles. The number of aryl methyl sites for hydroxylation is 6. The third-order valence-corrected chi connectivity index (χ3v) is 7.72. The number of aliphatic imine (C=N–C) groups is 2. The summed E-state index contributed by atoms with van der Waals surface area (Å²) in [6.45, 7) is 13.4. The summed E-state index contributed by atoms with van der Waals surface area (Å²) in [5, 5.41) is 0.644. The molecule has 3 nitrogen and oxygen atoms in total. The summed E-state index contributed by atoms with van der Waals surface area (Å²) in [5.74, 6) is 0. The van der Waals surface area contributed by atoms with Crippen LogP contribution in [0.2, 0.25) is 5.02 Å². The van der Waals surface area contributed by atoms with Gasteiger partial charge in [-0.05, 0) is 99.6 Å². The van der Waals surface area contributed by atoms with Gasteiger partial charge in [-0.1, -0.05) is 100 Å². The van der Waals surface area contributed by atoms with Crippen LogP contribution < -0.4 is 37.2 Å². The second-order valence-electron chi connectivity index (χ2n) is 11.4. The molecule has 0 amide bonds. The summed E-state index contributed by atoms with van der Waals surface area (Å²) in [6.07, 6.45) is 17.3. The molecule has 0 atom stereocenters. The third kappa shape index (κ3) is 14.9. The van der Waals surface area contributed by atoms with Gasteiger partial charge in [0.25, 0.3) is 0 Å². The Kier molecular flexibility index (Phi) is 25.1. The smallest absolute Gasteiger partial charge is 1.00 e. The van der Waals surface area contributed by atoms with Crippen molar-refractivity contribution in [3.8, 4) is 0 Å². The van der Waals surface area contributed by atoms with Gasteiger partial charge < -0.3 is 37.2 Å². The number of benzene rings is 2. The van der Waals surface area contributed by atoms with E-state index in [1.807, 2.05) is 24.6 Å². The van der Waals surface area contributed by atoms with Gasteiger partial charge in [0.2, 0.25) is 0 Å². The van der Waals surface area contributed by atoms with Crippen molar-refractivity contribution in [2.75, 3.05) is 0 Å². The Morgan fingerprint density at radius 3 is 1.11 bits per heavy atom. The fourth-order valence-electron chi connectivity index (χ4n) is 5.36. The number of rotatable bonds is 16. The Labute approximate surface area is 307 Å². The topological polar surface area (TPSA) is 37.6 Å². The normalized spacial score (nSPS) is 10.7. The van der Waals surface area contributed by atoms with Crippen molar-refractivity contribution >= 4 is 35.4 Å². The molecule has 0 aliphatic rings. The Hall–Kier alpha value is -1.39. The van der Waals surface area contributed by atoms with Gasteiger partial charge in [-0.15, -0.1) is 0 Å². The minimum absolute atomic E-state index is 0. The van der Waals surface area contributed by atoms with Crippen LogP contribution in [0.25, 0.3) is 0 Å². The average molecular weight is 734 g/mol. The molecule has 249 valence electrons. The predicted octanol–water partition coefficient (Wildman–Crippen LogP) is 2.23. The largest absolute Gasteiger partial charge is 3.00 e. The molecule has 0 unspecified atom stereocenters. The van der Waals surface area contributed by atoms with Crippen LogP contribution in [0.3, 0.4) is 0 Å². The summed E-state index contributed by atoms with van der Waals surface area (Å²) < 4.78 is 0. The molecule has 2 aromatic carbocycles. The number of unbranched alkanes of at least 4 members (excludes halogenated alkanes) is 4. The molecule has 0 saturated carbocycles. The Morgan fingerprint density at radius 2 is 0.844 bits per heavy atom. The van der Waals surface area contributed by atoms with Crippen LogP contribution in [-0.4, -0.2) is 17.4 Å². The van der Waals surface area contributed by atoms with Crippen LogP contribution in [0.5, 0.6) is 0 Å². The first-order valence-corrected chi connectivity index (χ1v) is 16.3. The summed E-state index contributed by atoms with van der Waals surface area (Å²) in [7, 11) is 0. The van der Waals surface area contributed by atoms with Crippen molar-refractivity contribution in [2.45, 2.75) is 119 Å². The molecular formula is C37H50Cl4FeN3. The van der Waals surface area contributed by atoms with Crippen LogP contribution in [-0.2, 0) is 42.8 Å². The Morgan fingerprint density at radius 1 is 0.556 bits per heavy atom. The van der Waals surface area contributed by atoms with Crippen molar-refractivity contribution in [2.24, 2.45) is 9.98 Å². The zero-order valence-electron chi connectivity index (χ0n) is 27.8. The summed E-state index contributed by atoms with van der Waals surface area (Å²) in [6, 6.07) is 13.0. The minimum atomic E-state index is 0. The number of hydrogen-bond acceptors (Lipinski definition) is 3. The van der Waals surface area contributed by atoms with E-state index in [1.54, 1.807) is 0 Å². The van der Waals surface area contributed by atoms with E-state index < -0.39 is 0 Å². The van der Waals surface area contributed by atoms with Gasteiger partial charge in [-0.2, -0.15) is 0 Å². The maximum absolute atomic E-state index is 6.59. The van der Waals surface area contributed by atoms with Gasteiger partial charge in [0, 0.05) is 5.02 Å². The zero-order chi connectivity index (χ0) is 29.6. The molecule has 0 N–H and O–H groups in total. The van der Waals surface area contributed by atoms with Gasteiger partial charge in [-0.3, -0.25) is 9.98 Å². The van der Waals surface area contributed by atoms with E-state index in [1.165, 1.54) is 59.1 Å². The molecule has 0 aliphatic carbocycles. The second kappa shape index (κ2) is 24.7. The Balaban J connectivity index is 0. The summed E-state index contributed by atoms with van der Waals surface area (Å²) in [5.41, 5.74) is 11.7. The molecular weight excluding hydrogens is 684 g/mol. The second-order valence-corrected chi connectivity index (χ2v) is 11.9. The molecule has 8 heteroatoms. The molecule has 0 fully saturated rings. The number of nitrogens with zero attached hydrogens (tertiary/aromatic N) is 3. The van der Waals surface area contributed by atoms with Crippen molar-refractivity contribution in [1.82, 2.24) is 4.98 Å². The van der Waals surface area contributed by atoms with E-state index in [0.29, 0.717) is 5.02 Å². The van der Waals surface area contributed by atoms with Crippen LogP contribution in [0.4, 0.5) is 11.4 Å². The van der Waals surface area contributed by atoms with Crippen LogP contribution in [0.1, 0.15) is 124 Å². The van der Waals surface area contributed by atoms with Crippen molar-refractivity contribution in [1.29, 1.82) is 0 Å². The predicted molar refractivity (Wildman–Crippen MR) is 181 cm³/mol. The first-order valence-electron chi connectivity index (χ1n) is 15.9. The van der Waals surface area contributed by atoms with Gasteiger partial charge in [0.05, 0.1) is 35.2 Å². The number of pyridine rings is 1. The molecule has 0 aliphatic heterocycles. The average Bonchev–Trinajstić information content (AvgIpc) is 2.95. The van der Waals surface area contributed by atoms with E-state index in [2.05, 4.69) is 65.8 Å². The molecule has 0 bridgehead atoms. The monoisotopic (exact) mass is 732 g/mol. The maximum Gasteiger partial charge on any atom is 3.00 e.